The van der Waals surface area contributed by atoms with Gasteiger partial charge < -0.3 is 4.90 Å². The molecular weight excluding hydrogens is 382 g/mol. The van der Waals surface area contributed by atoms with Crippen molar-refractivity contribution in [3.05, 3.63) is 59.4 Å². The van der Waals surface area contributed by atoms with Crippen LogP contribution in [-0.4, -0.2) is 52.9 Å². The summed E-state index contributed by atoms with van der Waals surface area (Å²) in [5.74, 6) is -0.0761. The first-order valence-corrected chi connectivity index (χ1v) is 10.3. The van der Waals surface area contributed by atoms with Gasteiger partial charge in [0.15, 0.2) is 5.13 Å². The third-order valence-electron chi connectivity index (χ3n) is 4.78. The van der Waals surface area contributed by atoms with Gasteiger partial charge in [0.2, 0.25) is 0 Å². The van der Waals surface area contributed by atoms with E-state index in [4.69, 9.17) is 4.98 Å². The van der Waals surface area contributed by atoms with Crippen molar-refractivity contribution in [2.75, 3.05) is 32.1 Å². The average Bonchev–Trinajstić information content (AvgIpc) is 3.11. The molecule has 0 spiro atoms. The zero-order valence-electron chi connectivity index (χ0n) is 17.0. The largest absolute Gasteiger partial charge is 0.308 e. The molecule has 2 aromatic carbocycles. The normalized spacial score (nSPS) is 11.5. The molecule has 0 bridgehead atoms. The maximum absolute atomic E-state index is 13.5. The first kappa shape index (κ1) is 19.4. The Morgan fingerprint density at radius 3 is 2.52 bits per heavy atom. The quantitative estimate of drug-likeness (QED) is 0.501. The fourth-order valence-electron chi connectivity index (χ4n) is 3.31. The van der Waals surface area contributed by atoms with Gasteiger partial charge in [0.25, 0.3) is 5.91 Å². The van der Waals surface area contributed by atoms with E-state index in [1.807, 2.05) is 26.2 Å². The van der Waals surface area contributed by atoms with E-state index in [1.165, 1.54) is 5.56 Å². The average molecular weight is 406 g/mol. The SMILES string of the molecule is Cc1cc(C)c2nc(N(CCN(C)C)C(=O)c3ccc4nccnc4c3)sc2c1. The van der Waals surface area contributed by atoms with Gasteiger partial charge in [-0.05, 0) is 63.3 Å². The molecule has 148 valence electrons. The van der Waals surface area contributed by atoms with Crippen molar-refractivity contribution in [3.8, 4) is 0 Å². The van der Waals surface area contributed by atoms with Crippen LogP contribution in [0.5, 0.6) is 0 Å². The minimum absolute atomic E-state index is 0.0761. The van der Waals surface area contributed by atoms with E-state index in [1.54, 1.807) is 34.7 Å². The van der Waals surface area contributed by atoms with Crippen LogP contribution in [0.3, 0.4) is 0 Å². The molecule has 7 heteroatoms. The highest BCUT2D eigenvalue weighted by Crippen LogP contribution is 2.32. The molecule has 4 aromatic rings. The lowest BCUT2D eigenvalue weighted by Crippen LogP contribution is -2.36. The molecule has 2 aromatic heterocycles. The lowest BCUT2D eigenvalue weighted by Gasteiger charge is -2.22. The van der Waals surface area contributed by atoms with E-state index >= 15 is 0 Å². The number of aromatic nitrogens is 3. The van der Waals surface area contributed by atoms with E-state index in [-0.39, 0.29) is 5.91 Å². The van der Waals surface area contributed by atoms with Crippen molar-refractivity contribution in [3.63, 3.8) is 0 Å². The summed E-state index contributed by atoms with van der Waals surface area (Å²) in [6.07, 6.45) is 3.29. The lowest BCUT2D eigenvalue weighted by molar-refractivity contribution is 0.0985. The van der Waals surface area contributed by atoms with E-state index in [0.29, 0.717) is 17.6 Å². The third-order valence-corrected chi connectivity index (χ3v) is 5.81. The van der Waals surface area contributed by atoms with Crippen LogP contribution in [0.4, 0.5) is 5.13 Å². The van der Waals surface area contributed by atoms with Crippen molar-refractivity contribution >= 4 is 43.6 Å². The first-order valence-electron chi connectivity index (χ1n) is 9.47. The number of fused-ring (bicyclic) bond motifs is 2. The second kappa shape index (κ2) is 7.85. The van der Waals surface area contributed by atoms with E-state index in [9.17, 15) is 4.79 Å². The third kappa shape index (κ3) is 3.97. The number of nitrogens with zero attached hydrogens (tertiary/aromatic N) is 5. The van der Waals surface area contributed by atoms with Crippen LogP contribution in [-0.2, 0) is 0 Å². The number of hydrogen-bond acceptors (Lipinski definition) is 6. The van der Waals surface area contributed by atoms with E-state index < -0.39 is 0 Å². The monoisotopic (exact) mass is 405 g/mol. The number of rotatable bonds is 5. The predicted octanol–water partition coefficient (Wildman–Crippen LogP) is 4.06. The Labute approximate surface area is 173 Å². The molecule has 6 nitrogen and oxygen atoms in total. The number of thiazole rings is 1. The highest BCUT2D eigenvalue weighted by Gasteiger charge is 2.22. The van der Waals surface area contributed by atoms with Gasteiger partial charge in [-0.15, -0.1) is 0 Å². The molecule has 0 N–H and O–H groups in total. The number of carbonyl (C=O) groups is 1. The van der Waals surface area contributed by atoms with Gasteiger partial charge in [-0.3, -0.25) is 19.7 Å². The van der Waals surface area contributed by atoms with E-state index in [2.05, 4.69) is 40.8 Å². The summed E-state index contributed by atoms with van der Waals surface area (Å²) in [6, 6.07) is 9.70. The maximum atomic E-state index is 13.5. The Balaban J connectivity index is 1.76. The number of hydrogen-bond donors (Lipinski definition) is 0. The van der Waals surface area contributed by atoms with Gasteiger partial charge in [0, 0.05) is 31.0 Å². The van der Waals surface area contributed by atoms with Crippen LogP contribution in [0.15, 0.2) is 42.7 Å². The zero-order valence-corrected chi connectivity index (χ0v) is 17.8. The molecule has 0 fully saturated rings. The lowest BCUT2D eigenvalue weighted by atomic mass is 10.1. The van der Waals surface area contributed by atoms with Gasteiger partial charge in [0.1, 0.15) is 0 Å². The second-order valence-corrected chi connectivity index (χ2v) is 8.45. The summed E-state index contributed by atoms with van der Waals surface area (Å²) in [7, 11) is 4.00. The summed E-state index contributed by atoms with van der Waals surface area (Å²) in [6.45, 7) is 5.44. The number of anilines is 1. The molecule has 0 aliphatic carbocycles. The Morgan fingerprint density at radius 2 is 1.76 bits per heavy atom. The van der Waals surface area contributed by atoms with Gasteiger partial charge in [-0.2, -0.15) is 0 Å². The highest BCUT2D eigenvalue weighted by molar-refractivity contribution is 7.22. The Kier molecular flexibility index (Phi) is 5.25. The second-order valence-electron chi connectivity index (χ2n) is 7.44. The summed E-state index contributed by atoms with van der Waals surface area (Å²) in [5.41, 5.74) is 5.36. The van der Waals surface area contributed by atoms with Crippen molar-refractivity contribution in [1.29, 1.82) is 0 Å². The van der Waals surface area contributed by atoms with Crippen molar-refractivity contribution in [2.24, 2.45) is 0 Å². The van der Waals surface area contributed by atoms with Crippen LogP contribution in [0.1, 0.15) is 21.5 Å². The molecular formula is C22H23N5OS. The molecule has 0 saturated heterocycles. The fourth-order valence-corrected chi connectivity index (χ4v) is 4.48. The molecule has 0 aliphatic heterocycles. The van der Waals surface area contributed by atoms with Crippen molar-refractivity contribution in [2.45, 2.75) is 13.8 Å². The summed E-state index contributed by atoms with van der Waals surface area (Å²) >= 11 is 1.56. The van der Waals surface area contributed by atoms with Crippen molar-refractivity contribution in [1.82, 2.24) is 19.9 Å². The van der Waals surface area contributed by atoms with Gasteiger partial charge in [-0.25, -0.2) is 4.98 Å². The Hall–Kier alpha value is -2.90. The molecule has 29 heavy (non-hydrogen) atoms. The molecule has 4 rings (SSSR count). The van der Waals surface area contributed by atoms with Gasteiger partial charge in [0.05, 0.1) is 21.3 Å². The molecule has 0 radical (unpaired) electrons. The maximum Gasteiger partial charge on any atom is 0.260 e. The van der Waals surface area contributed by atoms with Crippen LogP contribution in [0, 0.1) is 13.8 Å². The molecule has 0 saturated carbocycles. The van der Waals surface area contributed by atoms with Crippen LogP contribution in [0.25, 0.3) is 21.3 Å². The number of likely N-dealkylation sites (N-methyl/N-ethyl adjacent to an activating group) is 1. The number of benzene rings is 2. The standard InChI is InChI=1S/C22H23N5OS/c1-14-11-15(2)20-19(12-14)29-22(25-20)27(10-9-26(3)4)21(28)16-5-6-17-18(13-16)24-8-7-23-17/h5-8,11-13H,9-10H2,1-4H3. The molecule has 0 aliphatic rings. The fraction of sp³-hybridized carbons (Fsp3) is 0.273. The van der Waals surface area contributed by atoms with E-state index in [0.717, 1.165) is 33.0 Å². The smallest absolute Gasteiger partial charge is 0.260 e. The minimum atomic E-state index is -0.0761. The first-order chi connectivity index (χ1) is 13.9. The van der Waals surface area contributed by atoms with Gasteiger partial charge in [-0.1, -0.05) is 17.4 Å². The van der Waals surface area contributed by atoms with Crippen LogP contribution < -0.4 is 4.90 Å². The van der Waals surface area contributed by atoms with Crippen LogP contribution in [0.2, 0.25) is 0 Å². The topological polar surface area (TPSA) is 62.2 Å². The highest BCUT2D eigenvalue weighted by atomic mass is 32.1. The molecule has 0 unspecified atom stereocenters. The summed E-state index contributed by atoms with van der Waals surface area (Å²) < 4.78 is 1.10. The number of amides is 1. The van der Waals surface area contributed by atoms with Crippen LogP contribution >= 0.6 is 11.3 Å². The Bertz CT molecular complexity index is 1200. The summed E-state index contributed by atoms with van der Waals surface area (Å²) in [5, 5.41) is 0.722. The minimum Gasteiger partial charge on any atom is -0.308 e. The Morgan fingerprint density at radius 1 is 1.00 bits per heavy atom. The number of carbonyl (C=O) groups excluding carboxylic acids is 1. The van der Waals surface area contributed by atoms with Crippen molar-refractivity contribution < 1.29 is 4.79 Å². The number of aryl methyl sites for hydroxylation is 2. The van der Waals surface area contributed by atoms with Gasteiger partial charge >= 0.3 is 0 Å². The summed E-state index contributed by atoms with van der Waals surface area (Å²) in [4.78, 5) is 30.7. The molecule has 0 atom stereocenters. The molecule has 1 amide bonds. The molecule has 2 heterocycles. The predicted molar refractivity (Wildman–Crippen MR) is 119 cm³/mol. The zero-order chi connectivity index (χ0) is 20.5.